The SMILES string of the molecule is O=C(NCc1sccc1COc1ccc(Cl)cc1)Nc1ccccc1F. The Hall–Kier alpha value is -2.57. The first-order valence-electron chi connectivity index (χ1n) is 7.85. The van der Waals surface area contributed by atoms with Gasteiger partial charge in [-0.15, -0.1) is 11.3 Å². The second kappa shape index (κ2) is 8.69. The highest BCUT2D eigenvalue weighted by Crippen LogP contribution is 2.21. The number of carbonyl (C=O) groups is 1. The summed E-state index contributed by atoms with van der Waals surface area (Å²) in [5.41, 5.74) is 1.12. The van der Waals surface area contributed by atoms with Gasteiger partial charge in [0.1, 0.15) is 18.2 Å². The Morgan fingerprint density at radius 2 is 1.88 bits per heavy atom. The number of carbonyl (C=O) groups excluding carboxylic acids is 1. The fourth-order valence-corrected chi connectivity index (χ4v) is 3.19. The number of nitrogens with one attached hydrogen (secondary N) is 2. The van der Waals surface area contributed by atoms with E-state index in [2.05, 4.69) is 10.6 Å². The molecule has 2 aromatic carbocycles. The van der Waals surface area contributed by atoms with Gasteiger partial charge in [-0.2, -0.15) is 0 Å². The molecule has 0 fully saturated rings. The molecule has 0 atom stereocenters. The number of amides is 2. The zero-order valence-corrected chi connectivity index (χ0v) is 15.2. The molecule has 1 aromatic heterocycles. The van der Waals surface area contributed by atoms with Gasteiger partial charge in [-0.1, -0.05) is 23.7 Å². The average molecular weight is 391 g/mol. The van der Waals surface area contributed by atoms with E-state index in [-0.39, 0.29) is 5.69 Å². The molecule has 0 bridgehead atoms. The maximum Gasteiger partial charge on any atom is 0.319 e. The molecule has 0 saturated carbocycles. The van der Waals surface area contributed by atoms with E-state index < -0.39 is 11.8 Å². The monoisotopic (exact) mass is 390 g/mol. The van der Waals surface area contributed by atoms with Crippen molar-refractivity contribution in [3.63, 3.8) is 0 Å². The normalized spacial score (nSPS) is 10.4. The molecular formula is C19H16ClFN2O2S. The first kappa shape index (κ1) is 18.2. The molecule has 134 valence electrons. The molecule has 0 aliphatic carbocycles. The highest BCUT2D eigenvalue weighted by Gasteiger charge is 2.09. The second-order valence-electron chi connectivity index (χ2n) is 5.40. The molecular weight excluding hydrogens is 375 g/mol. The molecule has 7 heteroatoms. The zero-order chi connectivity index (χ0) is 18.4. The Labute approximate surface area is 159 Å². The third-order valence-corrected chi connectivity index (χ3v) is 4.79. The summed E-state index contributed by atoms with van der Waals surface area (Å²) in [5, 5.41) is 7.81. The fourth-order valence-electron chi connectivity index (χ4n) is 2.23. The van der Waals surface area contributed by atoms with Crippen LogP contribution in [0.25, 0.3) is 0 Å². The van der Waals surface area contributed by atoms with Gasteiger partial charge in [-0.05, 0) is 47.8 Å². The van der Waals surface area contributed by atoms with E-state index in [9.17, 15) is 9.18 Å². The molecule has 2 N–H and O–H groups in total. The van der Waals surface area contributed by atoms with Gasteiger partial charge >= 0.3 is 6.03 Å². The predicted molar refractivity (Wildman–Crippen MR) is 102 cm³/mol. The largest absolute Gasteiger partial charge is 0.489 e. The van der Waals surface area contributed by atoms with Crippen LogP contribution in [-0.4, -0.2) is 6.03 Å². The van der Waals surface area contributed by atoms with Crippen molar-refractivity contribution in [2.45, 2.75) is 13.2 Å². The van der Waals surface area contributed by atoms with Crippen LogP contribution in [0.3, 0.4) is 0 Å². The lowest BCUT2D eigenvalue weighted by atomic mass is 10.2. The Kier molecular flexibility index (Phi) is 6.09. The van der Waals surface area contributed by atoms with Crippen LogP contribution in [0.4, 0.5) is 14.9 Å². The van der Waals surface area contributed by atoms with Gasteiger partial charge in [0.2, 0.25) is 0 Å². The predicted octanol–water partition coefficient (Wildman–Crippen LogP) is 5.44. The van der Waals surface area contributed by atoms with Gasteiger partial charge in [0, 0.05) is 15.5 Å². The van der Waals surface area contributed by atoms with Gasteiger partial charge in [0.25, 0.3) is 0 Å². The maximum absolute atomic E-state index is 13.5. The summed E-state index contributed by atoms with van der Waals surface area (Å²) in [4.78, 5) is 12.9. The molecule has 3 aromatic rings. The van der Waals surface area contributed by atoms with Crippen LogP contribution in [0.1, 0.15) is 10.4 Å². The Bertz CT molecular complexity index is 883. The molecule has 0 radical (unpaired) electrons. The number of para-hydroxylation sites is 1. The number of benzene rings is 2. The minimum absolute atomic E-state index is 0.141. The first-order chi connectivity index (χ1) is 12.6. The third kappa shape index (κ3) is 4.97. The Morgan fingerprint density at radius 1 is 1.12 bits per heavy atom. The average Bonchev–Trinajstić information content (AvgIpc) is 3.09. The standard InChI is InChI=1S/C19H16ClFN2O2S/c20-14-5-7-15(8-6-14)25-12-13-9-10-26-18(13)11-22-19(24)23-17-4-2-1-3-16(17)21/h1-10H,11-12H2,(H2,22,23,24). The van der Waals surface area contributed by atoms with Crippen molar-refractivity contribution in [2.75, 3.05) is 5.32 Å². The van der Waals surface area contributed by atoms with Crippen molar-refractivity contribution < 1.29 is 13.9 Å². The molecule has 0 aliphatic rings. The summed E-state index contributed by atoms with van der Waals surface area (Å²) in [6, 6.07) is 14.6. The zero-order valence-electron chi connectivity index (χ0n) is 13.7. The van der Waals surface area contributed by atoms with Gasteiger partial charge in [-0.3, -0.25) is 0 Å². The van der Waals surface area contributed by atoms with E-state index in [1.54, 1.807) is 36.4 Å². The van der Waals surface area contributed by atoms with E-state index >= 15 is 0 Å². The number of rotatable bonds is 6. The van der Waals surface area contributed by atoms with Crippen molar-refractivity contribution in [3.05, 3.63) is 81.3 Å². The number of ether oxygens (including phenoxy) is 1. The smallest absolute Gasteiger partial charge is 0.319 e. The van der Waals surface area contributed by atoms with Crippen LogP contribution >= 0.6 is 22.9 Å². The number of halogens is 2. The van der Waals surface area contributed by atoms with Crippen molar-refractivity contribution >= 4 is 34.7 Å². The quantitative estimate of drug-likeness (QED) is 0.588. The Balaban J connectivity index is 1.53. The topological polar surface area (TPSA) is 50.4 Å². The number of thiophene rings is 1. The third-order valence-electron chi connectivity index (χ3n) is 3.58. The van der Waals surface area contributed by atoms with Crippen LogP contribution in [0.15, 0.2) is 60.0 Å². The maximum atomic E-state index is 13.5. The van der Waals surface area contributed by atoms with E-state index in [1.807, 2.05) is 11.4 Å². The second-order valence-corrected chi connectivity index (χ2v) is 6.84. The molecule has 0 saturated heterocycles. The number of hydrogen-bond acceptors (Lipinski definition) is 3. The molecule has 0 unspecified atom stereocenters. The summed E-state index contributed by atoms with van der Waals surface area (Å²) in [7, 11) is 0. The summed E-state index contributed by atoms with van der Waals surface area (Å²) in [5.74, 6) is 0.243. The van der Waals surface area contributed by atoms with Gasteiger partial charge in [-0.25, -0.2) is 9.18 Å². The molecule has 1 heterocycles. The van der Waals surface area contributed by atoms with Crippen molar-refractivity contribution in [3.8, 4) is 5.75 Å². The molecule has 3 rings (SSSR count). The Morgan fingerprint density at radius 3 is 2.65 bits per heavy atom. The van der Waals surface area contributed by atoms with Crippen molar-refractivity contribution in [1.29, 1.82) is 0 Å². The fraction of sp³-hybridized carbons (Fsp3) is 0.105. The summed E-state index contributed by atoms with van der Waals surface area (Å²) >= 11 is 7.37. The van der Waals surface area contributed by atoms with E-state index in [0.29, 0.717) is 18.2 Å². The van der Waals surface area contributed by atoms with E-state index in [1.165, 1.54) is 23.5 Å². The number of urea groups is 1. The van der Waals surface area contributed by atoms with Crippen LogP contribution in [0.2, 0.25) is 5.02 Å². The number of hydrogen-bond donors (Lipinski definition) is 2. The highest BCUT2D eigenvalue weighted by molar-refractivity contribution is 7.10. The molecule has 26 heavy (non-hydrogen) atoms. The van der Waals surface area contributed by atoms with Crippen LogP contribution in [-0.2, 0) is 13.2 Å². The molecule has 4 nitrogen and oxygen atoms in total. The van der Waals surface area contributed by atoms with Gasteiger partial charge < -0.3 is 15.4 Å². The number of anilines is 1. The van der Waals surface area contributed by atoms with Gasteiger partial charge in [0.05, 0.1) is 12.2 Å². The van der Waals surface area contributed by atoms with Crippen molar-refractivity contribution in [2.24, 2.45) is 0 Å². The lowest BCUT2D eigenvalue weighted by Gasteiger charge is -2.10. The van der Waals surface area contributed by atoms with Crippen LogP contribution in [0.5, 0.6) is 5.75 Å². The first-order valence-corrected chi connectivity index (χ1v) is 9.10. The lowest BCUT2D eigenvalue weighted by Crippen LogP contribution is -2.28. The summed E-state index contributed by atoms with van der Waals surface area (Å²) in [6.07, 6.45) is 0. The molecule has 0 aliphatic heterocycles. The highest BCUT2D eigenvalue weighted by atomic mass is 35.5. The minimum atomic E-state index is -0.476. The van der Waals surface area contributed by atoms with E-state index in [4.69, 9.17) is 16.3 Å². The van der Waals surface area contributed by atoms with Crippen molar-refractivity contribution in [1.82, 2.24) is 5.32 Å². The summed E-state index contributed by atoms with van der Waals surface area (Å²) in [6.45, 7) is 0.717. The summed E-state index contributed by atoms with van der Waals surface area (Å²) < 4.78 is 19.3. The van der Waals surface area contributed by atoms with Gasteiger partial charge in [0.15, 0.2) is 0 Å². The lowest BCUT2D eigenvalue weighted by molar-refractivity contribution is 0.251. The molecule has 0 spiro atoms. The molecule has 2 amide bonds. The van der Waals surface area contributed by atoms with E-state index in [0.717, 1.165) is 16.2 Å². The minimum Gasteiger partial charge on any atom is -0.489 e. The van der Waals surface area contributed by atoms with Crippen LogP contribution < -0.4 is 15.4 Å². The van der Waals surface area contributed by atoms with Crippen LogP contribution in [0, 0.1) is 5.82 Å².